The molecule has 0 fully saturated rings. The minimum Gasteiger partial charge on any atom is -0.456 e. The van der Waals surface area contributed by atoms with Crippen molar-refractivity contribution in [2.45, 2.75) is 17.3 Å². The van der Waals surface area contributed by atoms with Gasteiger partial charge < -0.3 is 4.74 Å². The molecule has 2 rings (SSSR count). The van der Waals surface area contributed by atoms with Gasteiger partial charge in [-0.1, -0.05) is 24.8 Å². The molecule has 0 saturated carbocycles. The van der Waals surface area contributed by atoms with Crippen LogP contribution in [0.3, 0.4) is 0 Å². The SMILES string of the molecule is C=Cc1c(S(=O)(=O)C(F)(F)F)ccc(Oc2ccccc2C#N)c1C. The lowest BCUT2D eigenvalue weighted by molar-refractivity contribution is -0.0436. The molecule has 0 spiro atoms. The van der Waals surface area contributed by atoms with Gasteiger partial charge in [0.25, 0.3) is 9.84 Å². The molecule has 0 unspecified atom stereocenters. The van der Waals surface area contributed by atoms with E-state index in [-0.39, 0.29) is 28.2 Å². The van der Waals surface area contributed by atoms with Gasteiger partial charge in [0.1, 0.15) is 17.6 Å². The summed E-state index contributed by atoms with van der Waals surface area (Å²) in [5.74, 6) is 0.327. The maximum Gasteiger partial charge on any atom is 0.501 e. The molecule has 2 aromatic carbocycles. The zero-order valence-corrected chi connectivity index (χ0v) is 13.8. The molecule has 0 radical (unpaired) electrons. The average Bonchev–Trinajstić information content (AvgIpc) is 2.55. The number of benzene rings is 2. The van der Waals surface area contributed by atoms with Crippen LogP contribution in [0.25, 0.3) is 6.08 Å². The van der Waals surface area contributed by atoms with E-state index < -0.39 is 20.2 Å². The second-order valence-electron chi connectivity index (χ2n) is 4.96. The van der Waals surface area contributed by atoms with Crippen molar-refractivity contribution in [2.24, 2.45) is 0 Å². The normalized spacial score (nSPS) is 11.6. The monoisotopic (exact) mass is 367 g/mol. The average molecular weight is 367 g/mol. The molecule has 0 aliphatic rings. The molecule has 25 heavy (non-hydrogen) atoms. The van der Waals surface area contributed by atoms with Gasteiger partial charge in [0.2, 0.25) is 0 Å². The van der Waals surface area contributed by atoms with Crippen molar-refractivity contribution in [2.75, 3.05) is 0 Å². The lowest BCUT2D eigenvalue weighted by Crippen LogP contribution is -2.24. The first-order valence-electron chi connectivity index (χ1n) is 6.88. The quantitative estimate of drug-likeness (QED) is 0.792. The van der Waals surface area contributed by atoms with E-state index in [1.807, 2.05) is 6.07 Å². The largest absolute Gasteiger partial charge is 0.501 e. The van der Waals surface area contributed by atoms with Crippen LogP contribution in [0, 0.1) is 18.3 Å². The number of sulfone groups is 1. The van der Waals surface area contributed by atoms with Crippen molar-refractivity contribution >= 4 is 15.9 Å². The third-order valence-corrected chi connectivity index (χ3v) is 5.00. The van der Waals surface area contributed by atoms with Crippen molar-refractivity contribution < 1.29 is 26.3 Å². The van der Waals surface area contributed by atoms with Gasteiger partial charge in [-0.05, 0) is 36.8 Å². The number of rotatable bonds is 4. The second-order valence-corrected chi connectivity index (χ2v) is 6.87. The van der Waals surface area contributed by atoms with E-state index in [9.17, 15) is 21.6 Å². The van der Waals surface area contributed by atoms with Crippen molar-refractivity contribution in [1.29, 1.82) is 5.26 Å². The molecular weight excluding hydrogens is 355 g/mol. The number of ether oxygens (including phenoxy) is 1. The minimum absolute atomic E-state index is 0.124. The van der Waals surface area contributed by atoms with E-state index >= 15 is 0 Å². The molecule has 0 amide bonds. The molecule has 0 aliphatic carbocycles. The summed E-state index contributed by atoms with van der Waals surface area (Å²) in [5.41, 5.74) is -5.24. The first kappa shape index (κ1) is 18.5. The molecule has 0 bridgehead atoms. The van der Waals surface area contributed by atoms with Crippen LogP contribution in [0.5, 0.6) is 11.5 Å². The van der Waals surface area contributed by atoms with Gasteiger partial charge >= 0.3 is 5.51 Å². The Hall–Kier alpha value is -2.79. The first-order valence-corrected chi connectivity index (χ1v) is 8.36. The summed E-state index contributed by atoms with van der Waals surface area (Å²) < 4.78 is 67.4. The highest BCUT2D eigenvalue weighted by molar-refractivity contribution is 7.92. The van der Waals surface area contributed by atoms with Crippen LogP contribution in [-0.4, -0.2) is 13.9 Å². The molecule has 0 atom stereocenters. The zero-order chi connectivity index (χ0) is 18.8. The molecule has 8 heteroatoms. The predicted molar refractivity (Wildman–Crippen MR) is 85.7 cm³/mol. The zero-order valence-electron chi connectivity index (χ0n) is 13.0. The smallest absolute Gasteiger partial charge is 0.456 e. The summed E-state index contributed by atoms with van der Waals surface area (Å²) >= 11 is 0. The van der Waals surface area contributed by atoms with Gasteiger partial charge in [0.15, 0.2) is 0 Å². The third kappa shape index (κ3) is 3.37. The lowest BCUT2D eigenvalue weighted by atomic mass is 10.1. The highest BCUT2D eigenvalue weighted by Gasteiger charge is 2.48. The molecule has 0 saturated heterocycles. The Bertz CT molecular complexity index is 974. The number of hydrogen-bond acceptors (Lipinski definition) is 4. The molecule has 4 nitrogen and oxygen atoms in total. The van der Waals surface area contributed by atoms with Crippen LogP contribution < -0.4 is 4.74 Å². The van der Waals surface area contributed by atoms with E-state index in [4.69, 9.17) is 10.00 Å². The molecular formula is C17H12F3NO3S. The Kier molecular flexibility index (Phi) is 4.90. The van der Waals surface area contributed by atoms with Gasteiger partial charge in [-0.3, -0.25) is 0 Å². The minimum atomic E-state index is -5.52. The summed E-state index contributed by atoms with van der Waals surface area (Å²) in [7, 11) is -5.52. The molecule has 2 aromatic rings. The topological polar surface area (TPSA) is 67.2 Å². The second kappa shape index (κ2) is 6.61. The number of halogens is 3. The fourth-order valence-corrected chi connectivity index (χ4v) is 3.20. The van der Waals surface area contributed by atoms with Crippen molar-refractivity contribution in [3.05, 3.63) is 59.7 Å². The van der Waals surface area contributed by atoms with E-state index in [0.29, 0.717) is 0 Å². The standard InChI is InChI=1S/C17H12F3NO3S/c1-3-13-11(2)14(24-15-7-5-4-6-12(15)10-21)8-9-16(13)25(22,23)17(18,19)20/h3-9H,1H2,2H3. The van der Waals surface area contributed by atoms with Gasteiger partial charge in [0.05, 0.1) is 10.5 Å². The first-order chi connectivity index (χ1) is 11.6. The van der Waals surface area contributed by atoms with Crippen molar-refractivity contribution in [3.63, 3.8) is 0 Å². The number of nitrogens with zero attached hydrogens (tertiary/aromatic N) is 1. The highest BCUT2D eigenvalue weighted by Crippen LogP contribution is 2.37. The Morgan fingerprint density at radius 3 is 2.36 bits per heavy atom. The number of alkyl halides is 3. The lowest BCUT2D eigenvalue weighted by Gasteiger charge is -2.16. The summed E-state index contributed by atoms with van der Waals surface area (Å²) in [6.45, 7) is 4.80. The molecule has 0 aromatic heterocycles. The summed E-state index contributed by atoms with van der Waals surface area (Å²) in [4.78, 5) is -0.895. The van der Waals surface area contributed by atoms with E-state index in [0.717, 1.165) is 18.2 Å². The molecule has 0 heterocycles. The van der Waals surface area contributed by atoms with Crippen molar-refractivity contribution in [3.8, 4) is 17.6 Å². The summed E-state index contributed by atoms with van der Waals surface area (Å²) in [5, 5.41) is 9.06. The maximum absolute atomic E-state index is 12.8. The Labute approximate surface area is 142 Å². The van der Waals surface area contributed by atoms with Crippen LogP contribution in [0.15, 0.2) is 47.9 Å². The van der Waals surface area contributed by atoms with Gasteiger partial charge in [-0.25, -0.2) is 8.42 Å². The fraction of sp³-hybridized carbons (Fsp3) is 0.118. The van der Waals surface area contributed by atoms with E-state index in [1.54, 1.807) is 12.1 Å². The molecule has 130 valence electrons. The molecule has 0 aliphatic heterocycles. The summed E-state index contributed by atoms with van der Waals surface area (Å²) in [6, 6.07) is 10.2. The van der Waals surface area contributed by atoms with Crippen LogP contribution in [0.1, 0.15) is 16.7 Å². The van der Waals surface area contributed by atoms with Gasteiger partial charge in [0, 0.05) is 5.56 Å². The van der Waals surface area contributed by atoms with Gasteiger partial charge in [-0.15, -0.1) is 0 Å². The van der Waals surface area contributed by atoms with E-state index in [2.05, 4.69) is 6.58 Å². The van der Waals surface area contributed by atoms with Gasteiger partial charge in [-0.2, -0.15) is 18.4 Å². The predicted octanol–water partition coefficient (Wildman–Crippen LogP) is 4.60. The van der Waals surface area contributed by atoms with Crippen molar-refractivity contribution in [1.82, 2.24) is 0 Å². The van der Waals surface area contributed by atoms with Crippen LogP contribution >= 0.6 is 0 Å². The van der Waals surface area contributed by atoms with Crippen LogP contribution in [0.4, 0.5) is 13.2 Å². The van der Waals surface area contributed by atoms with Crippen LogP contribution in [-0.2, 0) is 9.84 Å². The number of para-hydroxylation sites is 1. The number of hydrogen-bond donors (Lipinski definition) is 0. The summed E-state index contributed by atoms with van der Waals surface area (Å²) in [6.07, 6.45) is 1.02. The Morgan fingerprint density at radius 2 is 1.80 bits per heavy atom. The van der Waals surface area contributed by atoms with Crippen LogP contribution in [0.2, 0.25) is 0 Å². The van der Waals surface area contributed by atoms with E-state index in [1.165, 1.54) is 19.1 Å². The maximum atomic E-state index is 12.8. The Balaban J connectivity index is 2.59. The Morgan fingerprint density at radius 1 is 1.16 bits per heavy atom. The number of nitriles is 1. The highest BCUT2D eigenvalue weighted by atomic mass is 32.2. The molecule has 0 N–H and O–H groups in total. The fourth-order valence-electron chi connectivity index (χ4n) is 2.17. The third-order valence-electron chi connectivity index (χ3n) is 3.45.